The van der Waals surface area contributed by atoms with Crippen LogP contribution in [0.3, 0.4) is 0 Å². The summed E-state index contributed by atoms with van der Waals surface area (Å²) >= 11 is 7.93. The molecular formula is C14H20ClNS. The maximum atomic E-state index is 6.13. The Kier molecular flexibility index (Phi) is 6.71. The van der Waals surface area contributed by atoms with Gasteiger partial charge in [-0.3, -0.25) is 0 Å². The van der Waals surface area contributed by atoms with Crippen molar-refractivity contribution in [1.29, 1.82) is 0 Å². The smallest absolute Gasteiger partial charge is 0.0541 e. The van der Waals surface area contributed by atoms with Crippen molar-refractivity contribution in [2.75, 3.05) is 12.3 Å². The summed E-state index contributed by atoms with van der Waals surface area (Å²) in [5, 5.41) is 4.32. The zero-order valence-electron chi connectivity index (χ0n) is 10.5. The minimum atomic E-state index is 0.471. The number of nitrogens with one attached hydrogen (secondary N) is 1. The monoisotopic (exact) mass is 269 g/mol. The van der Waals surface area contributed by atoms with Crippen LogP contribution >= 0.6 is 23.4 Å². The molecule has 0 saturated heterocycles. The van der Waals surface area contributed by atoms with Gasteiger partial charge in [0.2, 0.25) is 0 Å². The van der Waals surface area contributed by atoms with Crippen LogP contribution in [-0.4, -0.2) is 18.3 Å². The van der Waals surface area contributed by atoms with E-state index in [0.717, 1.165) is 28.6 Å². The van der Waals surface area contributed by atoms with Crippen molar-refractivity contribution in [1.82, 2.24) is 5.32 Å². The van der Waals surface area contributed by atoms with Crippen LogP contribution < -0.4 is 5.32 Å². The molecule has 0 aliphatic carbocycles. The normalized spacial score (nSPS) is 12.4. The van der Waals surface area contributed by atoms with Crippen molar-refractivity contribution < 1.29 is 0 Å². The summed E-state index contributed by atoms with van der Waals surface area (Å²) in [5.41, 5.74) is 1.22. The Labute approximate surface area is 114 Å². The average molecular weight is 270 g/mol. The molecular weight excluding hydrogens is 250 g/mol. The van der Waals surface area contributed by atoms with Gasteiger partial charge in [0.1, 0.15) is 0 Å². The first kappa shape index (κ1) is 14.6. The Balaban J connectivity index is 2.51. The highest BCUT2D eigenvalue weighted by atomic mass is 35.5. The second-order valence-corrected chi connectivity index (χ2v) is 5.63. The summed E-state index contributed by atoms with van der Waals surface area (Å²) in [4.78, 5) is 1.15. The topological polar surface area (TPSA) is 12.0 Å². The fourth-order valence-electron chi connectivity index (χ4n) is 1.65. The number of hydrogen-bond acceptors (Lipinski definition) is 2. The zero-order chi connectivity index (χ0) is 12.7. The van der Waals surface area contributed by atoms with Crippen molar-refractivity contribution in [2.24, 2.45) is 0 Å². The Bertz CT molecular complexity index is 365. The van der Waals surface area contributed by atoms with Crippen molar-refractivity contribution in [3.63, 3.8) is 0 Å². The lowest BCUT2D eigenvalue weighted by Crippen LogP contribution is -2.31. The van der Waals surface area contributed by atoms with E-state index < -0.39 is 0 Å². The van der Waals surface area contributed by atoms with Gasteiger partial charge >= 0.3 is 0 Å². The standard InChI is InChI=1S/C14H20ClNS/c1-4-16-12(9-11(2)3)10-17-14-8-6-5-7-13(14)15/h5-8,12,16H,2,4,9-10H2,1,3H3. The molecule has 0 aliphatic rings. The van der Waals surface area contributed by atoms with Crippen LogP contribution in [-0.2, 0) is 0 Å². The van der Waals surface area contributed by atoms with Crippen LogP contribution in [0.1, 0.15) is 20.3 Å². The molecule has 17 heavy (non-hydrogen) atoms. The maximum Gasteiger partial charge on any atom is 0.0541 e. The summed E-state index contributed by atoms with van der Waals surface area (Å²) < 4.78 is 0. The third-order valence-electron chi connectivity index (χ3n) is 2.36. The molecule has 0 bridgehead atoms. The van der Waals surface area contributed by atoms with Crippen LogP contribution in [0.5, 0.6) is 0 Å². The van der Waals surface area contributed by atoms with Gasteiger partial charge in [-0.25, -0.2) is 0 Å². The third kappa shape index (κ3) is 5.62. The fraction of sp³-hybridized carbons (Fsp3) is 0.429. The minimum Gasteiger partial charge on any atom is -0.313 e. The Morgan fingerprint density at radius 1 is 1.47 bits per heavy atom. The molecule has 0 radical (unpaired) electrons. The van der Waals surface area contributed by atoms with Crippen molar-refractivity contribution in [3.8, 4) is 0 Å². The molecule has 1 atom stereocenters. The largest absolute Gasteiger partial charge is 0.313 e. The van der Waals surface area contributed by atoms with E-state index in [4.69, 9.17) is 11.6 Å². The Hall–Kier alpha value is -0.440. The molecule has 1 N–H and O–H groups in total. The zero-order valence-corrected chi connectivity index (χ0v) is 12.1. The first-order chi connectivity index (χ1) is 8.13. The number of halogens is 1. The highest BCUT2D eigenvalue weighted by molar-refractivity contribution is 7.99. The summed E-state index contributed by atoms with van der Waals surface area (Å²) in [6.45, 7) is 9.17. The molecule has 1 rings (SSSR count). The van der Waals surface area contributed by atoms with Gasteiger partial charge in [0.05, 0.1) is 5.02 Å². The highest BCUT2D eigenvalue weighted by Crippen LogP contribution is 2.27. The molecule has 1 aromatic rings. The van der Waals surface area contributed by atoms with Gasteiger partial charge in [0, 0.05) is 16.7 Å². The molecule has 94 valence electrons. The number of thioether (sulfide) groups is 1. The lowest BCUT2D eigenvalue weighted by molar-refractivity contribution is 0.571. The van der Waals surface area contributed by atoms with E-state index in [1.54, 1.807) is 11.8 Å². The molecule has 3 heteroatoms. The molecule has 1 aromatic carbocycles. The van der Waals surface area contributed by atoms with E-state index in [9.17, 15) is 0 Å². The molecule has 1 nitrogen and oxygen atoms in total. The Morgan fingerprint density at radius 3 is 2.76 bits per heavy atom. The van der Waals surface area contributed by atoms with Crippen LogP contribution in [0.25, 0.3) is 0 Å². The van der Waals surface area contributed by atoms with Crippen molar-refractivity contribution in [3.05, 3.63) is 41.4 Å². The van der Waals surface area contributed by atoms with Gasteiger partial charge in [-0.2, -0.15) is 0 Å². The van der Waals surface area contributed by atoms with E-state index in [-0.39, 0.29) is 0 Å². The minimum absolute atomic E-state index is 0.471. The third-order valence-corrected chi connectivity index (χ3v) is 4.04. The highest BCUT2D eigenvalue weighted by Gasteiger charge is 2.09. The van der Waals surface area contributed by atoms with Crippen LogP contribution in [0.15, 0.2) is 41.3 Å². The van der Waals surface area contributed by atoms with E-state index in [2.05, 4.69) is 31.8 Å². The molecule has 0 amide bonds. The second-order valence-electron chi connectivity index (χ2n) is 4.16. The maximum absolute atomic E-state index is 6.13. The van der Waals surface area contributed by atoms with Gasteiger partial charge in [-0.1, -0.05) is 36.2 Å². The Morgan fingerprint density at radius 2 is 2.18 bits per heavy atom. The fourth-order valence-corrected chi connectivity index (χ4v) is 2.95. The van der Waals surface area contributed by atoms with Gasteiger partial charge in [0.15, 0.2) is 0 Å². The van der Waals surface area contributed by atoms with Gasteiger partial charge in [-0.15, -0.1) is 18.3 Å². The molecule has 0 heterocycles. The quantitative estimate of drug-likeness (QED) is 0.582. The van der Waals surface area contributed by atoms with Gasteiger partial charge in [0.25, 0.3) is 0 Å². The van der Waals surface area contributed by atoms with Crippen molar-refractivity contribution in [2.45, 2.75) is 31.2 Å². The predicted molar refractivity (Wildman–Crippen MR) is 79.1 cm³/mol. The van der Waals surface area contributed by atoms with E-state index in [1.807, 2.05) is 18.2 Å². The van der Waals surface area contributed by atoms with Crippen molar-refractivity contribution >= 4 is 23.4 Å². The van der Waals surface area contributed by atoms with E-state index in [0.29, 0.717) is 6.04 Å². The number of rotatable bonds is 7. The summed E-state index contributed by atoms with van der Waals surface area (Å²) in [5.74, 6) is 1.02. The summed E-state index contributed by atoms with van der Waals surface area (Å²) in [6.07, 6.45) is 1.02. The molecule has 0 aromatic heterocycles. The molecule has 0 aliphatic heterocycles. The first-order valence-corrected chi connectivity index (χ1v) is 7.25. The molecule has 0 spiro atoms. The SMILES string of the molecule is C=C(C)CC(CSc1ccccc1Cl)NCC. The van der Waals surface area contributed by atoms with Crippen LogP contribution in [0.4, 0.5) is 0 Å². The first-order valence-electron chi connectivity index (χ1n) is 5.88. The lowest BCUT2D eigenvalue weighted by Gasteiger charge is -2.17. The molecule has 0 fully saturated rings. The van der Waals surface area contributed by atoms with Crippen LogP contribution in [0, 0.1) is 0 Å². The summed E-state index contributed by atoms with van der Waals surface area (Å²) in [6, 6.07) is 8.46. The van der Waals surface area contributed by atoms with Gasteiger partial charge in [-0.05, 0) is 32.0 Å². The molecule has 1 unspecified atom stereocenters. The lowest BCUT2D eigenvalue weighted by atomic mass is 10.1. The average Bonchev–Trinajstić information content (AvgIpc) is 2.27. The van der Waals surface area contributed by atoms with Gasteiger partial charge < -0.3 is 5.32 Å². The predicted octanol–water partition coefficient (Wildman–Crippen LogP) is 4.38. The summed E-state index contributed by atoms with van der Waals surface area (Å²) in [7, 11) is 0. The van der Waals surface area contributed by atoms with Crippen LogP contribution in [0.2, 0.25) is 5.02 Å². The second kappa shape index (κ2) is 7.80. The van der Waals surface area contributed by atoms with E-state index >= 15 is 0 Å². The molecule has 0 saturated carbocycles. The number of benzene rings is 1. The number of hydrogen-bond donors (Lipinski definition) is 1. The van der Waals surface area contributed by atoms with E-state index in [1.165, 1.54) is 5.57 Å².